The summed E-state index contributed by atoms with van der Waals surface area (Å²) in [5.74, 6) is 0.639. The molecule has 62 valence electrons. The summed E-state index contributed by atoms with van der Waals surface area (Å²) < 4.78 is 4.89. The zero-order chi connectivity index (χ0) is 8.39. The fourth-order valence-corrected chi connectivity index (χ4v) is 1.55. The maximum atomic E-state index is 8.77. The van der Waals surface area contributed by atoms with E-state index in [2.05, 4.69) is 10.1 Å². The van der Waals surface area contributed by atoms with Crippen molar-refractivity contribution < 1.29 is 9.63 Å². The van der Waals surface area contributed by atoms with Crippen molar-refractivity contribution >= 4 is 11.3 Å². The highest BCUT2D eigenvalue weighted by atomic mass is 32.1. The third kappa shape index (κ3) is 1.24. The number of aliphatic hydroxyl groups is 1. The van der Waals surface area contributed by atoms with Crippen molar-refractivity contribution in [2.75, 3.05) is 0 Å². The molecule has 0 saturated carbocycles. The van der Waals surface area contributed by atoms with Gasteiger partial charge in [-0.1, -0.05) is 5.16 Å². The average Bonchev–Trinajstić information content (AvgIpc) is 2.75. The Morgan fingerprint density at radius 3 is 3.08 bits per heavy atom. The lowest BCUT2D eigenvalue weighted by atomic mass is 10.5. The number of aromatic nitrogens is 2. The molecule has 0 bridgehead atoms. The molecule has 12 heavy (non-hydrogen) atoms. The van der Waals surface area contributed by atoms with Crippen molar-refractivity contribution in [2.45, 2.75) is 6.61 Å². The molecule has 2 aromatic rings. The Bertz CT molecular complexity index is 355. The lowest BCUT2D eigenvalue weighted by Gasteiger charge is -1.83. The van der Waals surface area contributed by atoms with E-state index in [1.54, 1.807) is 18.5 Å². The van der Waals surface area contributed by atoms with Gasteiger partial charge in [0, 0.05) is 12.3 Å². The van der Waals surface area contributed by atoms with E-state index in [-0.39, 0.29) is 6.61 Å². The Morgan fingerprint density at radius 2 is 2.50 bits per heavy atom. The predicted molar refractivity (Wildman–Crippen MR) is 43.5 cm³/mol. The molecule has 0 radical (unpaired) electrons. The summed E-state index contributed by atoms with van der Waals surface area (Å²) in [6.45, 7) is 0.0196. The van der Waals surface area contributed by atoms with Gasteiger partial charge in [-0.15, -0.1) is 11.3 Å². The van der Waals surface area contributed by atoms with Crippen LogP contribution in [-0.4, -0.2) is 15.2 Å². The van der Waals surface area contributed by atoms with Crippen LogP contribution in [0.25, 0.3) is 10.8 Å². The molecule has 0 aliphatic rings. The van der Waals surface area contributed by atoms with Gasteiger partial charge in [-0.25, -0.2) is 4.98 Å². The van der Waals surface area contributed by atoms with Crippen LogP contribution in [0.3, 0.4) is 0 Å². The lowest BCUT2D eigenvalue weighted by molar-refractivity contribution is 0.285. The third-order valence-corrected chi connectivity index (χ3v) is 2.35. The van der Waals surface area contributed by atoms with Crippen LogP contribution >= 0.6 is 11.3 Å². The highest BCUT2D eigenvalue weighted by Crippen LogP contribution is 2.24. The molecule has 0 spiro atoms. The van der Waals surface area contributed by atoms with Gasteiger partial charge in [-0.3, -0.25) is 0 Å². The SMILES string of the molecule is OCc1cnc(-c2ccno2)s1. The van der Waals surface area contributed by atoms with E-state index in [0.29, 0.717) is 5.76 Å². The molecule has 5 heteroatoms. The quantitative estimate of drug-likeness (QED) is 0.760. The van der Waals surface area contributed by atoms with Crippen LogP contribution in [0.5, 0.6) is 0 Å². The first-order valence-electron chi connectivity index (χ1n) is 3.37. The van der Waals surface area contributed by atoms with Gasteiger partial charge in [0.25, 0.3) is 0 Å². The minimum atomic E-state index is 0.0196. The second-order valence-corrected chi connectivity index (χ2v) is 3.28. The molecule has 4 nitrogen and oxygen atoms in total. The van der Waals surface area contributed by atoms with Crippen molar-refractivity contribution in [2.24, 2.45) is 0 Å². The van der Waals surface area contributed by atoms with Crippen LogP contribution in [0.4, 0.5) is 0 Å². The standard InChI is InChI=1S/C7H6N2O2S/c10-4-5-3-8-7(12-5)6-1-2-9-11-6/h1-3,10H,4H2. The van der Waals surface area contributed by atoms with Crippen LogP contribution in [0, 0.1) is 0 Å². The summed E-state index contributed by atoms with van der Waals surface area (Å²) in [7, 11) is 0. The summed E-state index contributed by atoms with van der Waals surface area (Å²) in [6.07, 6.45) is 3.19. The molecule has 1 N–H and O–H groups in total. The van der Waals surface area contributed by atoms with Gasteiger partial charge in [0.15, 0.2) is 10.8 Å². The van der Waals surface area contributed by atoms with Crippen LogP contribution in [0.15, 0.2) is 23.0 Å². The van der Waals surface area contributed by atoms with Crippen LogP contribution in [0.1, 0.15) is 4.88 Å². The first kappa shape index (κ1) is 7.45. The molecule has 0 saturated heterocycles. The number of hydrogen-bond acceptors (Lipinski definition) is 5. The van der Waals surface area contributed by atoms with E-state index in [1.165, 1.54) is 11.3 Å². The highest BCUT2D eigenvalue weighted by molar-refractivity contribution is 7.14. The minimum Gasteiger partial charge on any atom is -0.391 e. The monoisotopic (exact) mass is 182 g/mol. The lowest BCUT2D eigenvalue weighted by Crippen LogP contribution is -1.70. The smallest absolute Gasteiger partial charge is 0.195 e. The molecule has 0 aliphatic heterocycles. The maximum Gasteiger partial charge on any atom is 0.195 e. The molecule has 0 unspecified atom stereocenters. The first-order chi connectivity index (χ1) is 5.90. The molecular weight excluding hydrogens is 176 g/mol. The maximum absolute atomic E-state index is 8.77. The molecule has 0 aromatic carbocycles. The Balaban J connectivity index is 2.35. The minimum absolute atomic E-state index is 0.0196. The van der Waals surface area contributed by atoms with E-state index >= 15 is 0 Å². The topological polar surface area (TPSA) is 59.2 Å². The van der Waals surface area contributed by atoms with Crippen molar-refractivity contribution in [1.29, 1.82) is 0 Å². The zero-order valence-electron chi connectivity index (χ0n) is 6.10. The van der Waals surface area contributed by atoms with Gasteiger partial charge in [0.2, 0.25) is 0 Å². The fourth-order valence-electron chi connectivity index (χ4n) is 0.821. The largest absolute Gasteiger partial charge is 0.391 e. The zero-order valence-corrected chi connectivity index (χ0v) is 6.91. The van der Waals surface area contributed by atoms with E-state index < -0.39 is 0 Å². The number of thiazole rings is 1. The molecule has 0 fully saturated rings. The summed E-state index contributed by atoms with van der Waals surface area (Å²) in [5, 5.41) is 13.1. The van der Waals surface area contributed by atoms with Crippen LogP contribution in [-0.2, 0) is 6.61 Å². The number of nitrogens with zero attached hydrogens (tertiary/aromatic N) is 2. The average molecular weight is 182 g/mol. The highest BCUT2D eigenvalue weighted by Gasteiger charge is 2.06. The number of aliphatic hydroxyl groups excluding tert-OH is 1. The molecule has 0 atom stereocenters. The summed E-state index contributed by atoms with van der Waals surface area (Å²) >= 11 is 1.40. The molecule has 0 aliphatic carbocycles. The van der Waals surface area contributed by atoms with Gasteiger partial charge in [-0.05, 0) is 0 Å². The van der Waals surface area contributed by atoms with E-state index in [4.69, 9.17) is 9.63 Å². The van der Waals surface area contributed by atoms with Crippen molar-refractivity contribution in [3.05, 3.63) is 23.3 Å². The van der Waals surface area contributed by atoms with Gasteiger partial charge in [0.05, 0.1) is 17.7 Å². The third-order valence-electron chi connectivity index (χ3n) is 1.36. The summed E-state index contributed by atoms with van der Waals surface area (Å²) in [5.41, 5.74) is 0. The van der Waals surface area contributed by atoms with E-state index in [0.717, 1.165) is 9.88 Å². The summed E-state index contributed by atoms with van der Waals surface area (Å²) in [6, 6.07) is 1.74. The van der Waals surface area contributed by atoms with Crippen molar-refractivity contribution in [1.82, 2.24) is 10.1 Å². The van der Waals surface area contributed by atoms with Crippen LogP contribution < -0.4 is 0 Å². The van der Waals surface area contributed by atoms with Crippen LogP contribution in [0.2, 0.25) is 0 Å². The number of hydrogen-bond donors (Lipinski definition) is 1. The Hall–Kier alpha value is -1.20. The first-order valence-corrected chi connectivity index (χ1v) is 4.18. The second kappa shape index (κ2) is 3.04. The molecule has 2 heterocycles. The molecular formula is C7H6N2O2S. The van der Waals surface area contributed by atoms with Gasteiger partial charge in [-0.2, -0.15) is 0 Å². The number of rotatable bonds is 2. The van der Waals surface area contributed by atoms with E-state index in [9.17, 15) is 0 Å². The van der Waals surface area contributed by atoms with Gasteiger partial charge >= 0.3 is 0 Å². The predicted octanol–water partition coefficient (Wildman–Crippen LogP) is 1.29. The Labute approximate surface area is 72.5 Å². The summed E-state index contributed by atoms with van der Waals surface area (Å²) in [4.78, 5) is 4.88. The van der Waals surface area contributed by atoms with Crippen molar-refractivity contribution in [3.63, 3.8) is 0 Å². The fraction of sp³-hybridized carbons (Fsp3) is 0.143. The second-order valence-electron chi connectivity index (χ2n) is 2.17. The van der Waals surface area contributed by atoms with Crippen molar-refractivity contribution in [3.8, 4) is 10.8 Å². The molecule has 0 amide bonds. The van der Waals surface area contributed by atoms with E-state index in [1.807, 2.05) is 0 Å². The van der Waals surface area contributed by atoms with Gasteiger partial charge < -0.3 is 9.63 Å². The Kier molecular flexibility index (Phi) is 1.89. The normalized spacial score (nSPS) is 10.4. The molecule has 2 aromatic heterocycles. The Morgan fingerprint density at radius 1 is 1.58 bits per heavy atom. The molecule has 2 rings (SSSR count). The van der Waals surface area contributed by atoms with Gasteiger partial charge in [0.1, 0.15) is 0 Å².